The zero-order chi connectivity index (χ0) is 25.2. The van der Waals surface area contributed by atoms with Gasteiger partial charge in [-0.15, -0.1) is 0 Å². The van der Waals surface area contributed by atoms with Crippen molar-refractivity contribution in [3.05, 3.63) is 88.7 Å². The van der Waals surface area contributed by atoms with Crippen LogP contribution in [0.3, 0.4) is 0 Å². The molecule has 3 aromatic rings. The van der Waals surface area contributed by atoms with E-state index in [-0.39, 0.29) is 10.7 Å². The number of nitrogens with one attached hydrogen (secondary N) is 2. The van der Waals surface area contributed by atoms with E-state index in [2.05, 4.69) is 10.6 Å². The highest BCUT2D eigenvalue weighted by Gasteiger charge is 2.54. The Balaban J connectivity index is 1.67. The van der Waals surface area contributed by atoms with E-state index in [0.717, 1.165) is 11.0 Å². The SMILES string of the molecule is COc1ccc(C2(c3ccc(OC)cc3)NC(=O)N(CC(=O)Nc3ccc(F)c(Cl)c3)C2=O)cc1. The zero-order valence-corrected chi connectivity index (χ0v) is 19.6. The van der Waals surface area contributed by atoms with Gasteiger partial charge in [0.05, 0.1) is 19.2 Å². The van der Waals surface area contributed by atoms with Crippen LogP contribution < -0.4 is 20.1 Å². The minimum Gasteiger partial charge on any atom is -0.497 e. The molecule has 180 valence electrons. The van der Waals surface area contributed by atoms with Gasteiger partial charge in [0.25, 0.3) is 5.91 Å². The van der Waals surface area contributed by atoms with Crippen molar-refractivity contribution in [3.63, 3.8) is 0 Å². The lowest BCUT2D eigenvalue weighted by atomic mass is 9.82. The van der Waals surface area contributed by atoms with Gasteiger partial charge in [0.15, 0.2) is 5.54 Å². The van der Waals surface area contributed by atoms with Crippen molar-refractivity contribution in [2.75, 3.05) is 26.1 Å². The summed E-state index contributed by atoms with van der Waals surface area (Å²) in [4.78, 5) is 40.2. The molecule has 35 heavy (non-hydrogen) atoms. The summed E-state index contributed by atoms with van der Waals surface area (Å²) in [6, 6.07) is 16.3. The van der Waals surface area contributed by atoms with E-state index in [1.165, 1.54) is 26.4 Å². The van der Waals surface area contributed by atoms with Crippen LogP contribution in [-0.4, -0.2) is 43.5 Å². The third-order valence-electron chi connectivity index (χ3n) is 5.66. The Labute approximate surface area is 205 Å². The van der Waals surface area contributed by atoms with Crippen molar-refractivity contribution in [2.24, 2.45) is 0 Å². The van der Waals surface area contributed by atoms with E-state index < -0.39 is 35.7 Å². The predicted molar refractivity (Wildman–Crippen MR) is 127 cm³/mol. The third kappa shape index (κ3) is 4.50. The van der Waals surface area contributed by atoms with Crippen molar-refractivity contribution in [3.8, 4) is 11.5 Å². The van der Waals surface area contributed by atoms with Crippen LogP contribution in [0.5, 0.6) is 11.5 Å². The van der Waals surface area contributed by atoms with E-state index in [1.54, 1.807) is 48.5 Å². The standard InChI is InChI=1S/C25H21ClFN3O5/c1-34-18-8-3-15(4-9-18)25(16-5-10-19(35-2)11-6-16)23(32)30(24(33)29-25)14-22(31)28-17-7-12-21(27)20(26)13-17/h3-13H,14H2,1-2H3,(H,28,31)(H,29,33). The average Bonchev–Trinajstić information content (AvgIpc) is 3.12. The fourth-order valence-corrected chi connectivity index (χ4v) is 4.06. The molecule has 0 saturated carbocycles. The number of halogens is 2. The second kappa shape index (κ2) is 9.63. The first kappa shape index (κ1) is 24.0. The van der Waals surface area contributed by atoms with Crippen LogP contribution in [0.2, 0.25) is 5.02 Å². The van der Waals surface area contributed by atoms with Crippen LogP contribution in [0.4, 0.5) is 14.9 Å². The van der Waals surface area contributed by atoms with Gasteiger partial charge in [-0.25, -0.2) is 9.18 Å². The van der Waals surface area contributed by atoms with Gasteiger partial charge < -0.3 is 20.1 Å². The van der Waals surface area contributed by atoms with Gasteiger partial charge in [0.1, 0.15) is 23.9 Å². The number of hydrogen-bond acceptors (Lipinski definition) is 5. The van der Waals surface area contributed by atoms with Crippen molar-refractivity contribution < 1.29 is 28.2 Å². The van der Waals surface area contributed by atoms with E-state index in [9.17, 15) is 18.8 Å². The van der Waals surface area contributed by atoms with Gasteiger partial charge in [0.2, 0.25) is 5.91 Å². The number of benzene rings is 3. The number of carbonyl (C=O) groups is 3. The number of carbonyl (C=O) groups excluding carboxylic acids is 3. The number of ether oxygens (including phenoxy) is 2. The maximum Gasteiger partial charge on any atom is 0.326 e. The Morgan fingerprint density at radius 1 is 0.971 bits per heavy atom. The third-order valence-corrected chi connectivity index (χ3v) is 5.95. The summed E-state index contributed by atoms with van der Waals surface area (Å²) in [5.74, 6) is -0.779. The number of anilines is 1. The molecule has 0 aromatic heterocycles. The largest absolute Gasteiger partial charge is 0.497 e. The number of rotatable bonds is 7. The van der Waals surface area contributed by atoms with Gasteiger partial charge in [-0.05, 0) is 53.6 Å². The molecular weight excluding hydrogens is 477 g/mol. The van der Waals surface area contributed by atoms with Crippen molar-refractivity contribution >= 4 is 35.1 Å². The number of nitrogens with zero attached hydrogens (tertiary/aromatic N) is 1. The van der Waals surface area contributed by atoms with Gasteiger partial charge in [-0.2, -0.15) is 0 Å². The molecule has 0 spiro atoms. The quantitative estimate of drug-likeness (QED) is 0.482. The molecule has 1 heterocycles. The van der Waals surface area contributed by atoms with Crippen molar-refractivity contribution in [1.82, 2.24) is 10.2 Å². The molecule has 0 aliphatic carbocycles. The average molecular weight is 498 g/mol. The summed E-state index contributed by atoms with van der Waals surface area (Å²) in [6.07, 6.45) is 0. The second-order valence-corrected chi connectivity index (χ2v) is 8.11. The fourth-order valence-electron chi connectivity index (χ4n) is 3.88. The smallest absolute Gasteiger partial charge is 0.326 e. The van der Waals surface area contributed by atoms with Gasteiger partial charge >= 0.3 is 6.03 Å². The molecular formula is C25H21ClFN3O5. The normalized spacial score (nSPS) is 14.5. The molecule has 1 aliphatic rings. The molecule has 2 N–H and O–H groups in total. The molecule has 1 fully saturated rings. The Bertz CT molecular complexity index is 1230. The lowest BCUT2D eigenvalue weighted by molar-refractivity contribution is -0.133. The van der Waals surface area contributed by atoms with Crippen LogP contribution in [0, 0.1) is 5.82 Å². The molecule has 1 saturated heterocycles. The first-order valence-electron chi connectivity index (χ1n) is 10.5. The first-order valence-corrected chi connectivity index (χ1v) is 10.8. The second-order valence-electron chi connectivity index (χ2n) is 7.71. The minimum absolute atomic E-state index is 0.171. The van der Waals surface area contributed by atoms with Gasteiger partial charge in [0, 0.05) is 5.69 Å². The summed E-state index contributed by atoms with van der Waals surface area (Å²) in [6.45, 7) is -0.562. The Kier molecular flexibility index (Phi) is 6.61. The van der Waals surface area contributed by atoms with E-state index in [1.807, 2.05) is 0 Å². The Morgan fingerprint density at radius 2 is 1.51 bits per heavy atom. The van der Waals surface area contributed by atoms with Crippen LogP contribution >= 0.6 is 11.6 Å². The van der Waals surface area contributed by atoms with Gasteiger partial charge in [-0.3, -0.25) is 14.5 Å². The molecule has 0 atom stereocenters. The topological polar surface area (TPSA) is 97.0 Å². The molecule has 0 unspecified atom stereocenters. The fraction of sp³-hybridized carbons (Fsp3) is 0.160. The highest BCUT2D eigenvalue weighted by atomic mass is 35.5. The lowest BCUT2D eigenvalue weighted by Gasteiger charge is -2.28. The number of imide groups is 1. The molecule has 8 nitrogen and oxygen atoms in total. The highest BCUT2D eigenvalue weighted by molar-refractivity contribution is 6.31. The van der Waals surface area contributed by atoms with E-state index in [4.69, 9.17) is 21.1 Å². The summed E-state index contributed by atoms with van der Waals surface area (Å²) in [5.41, 5.74) is -0.384. The molecule has 10 heteroatoms. The summed E-state index contributed by atoms with van der Waals surface area (Å²) in [5, 5.41) is 5.11. The number of urea groups is 1. The lowest BCUT2D eigenvalue weighted by Crippen LogP contribution is -2.45. The van der Waals surface area contributed by atoms with Crippen molar-refractivity contribution in [1.29, 1.82) is 0 Å². The summed E-state index contributed by atoms with van der Waals surface area (Å²) >= 11 is 5.76. The first-order chi connectivity index (χ1) is 16.8. The number of hydrogen-bond donors (Lipinski definition) is 2. The van der Waals surface area contributed by atoms with Crippen LogP contribution in [0.25, 0.3) is 0 Å². The Morgan fingerprint density at radius 3 is 2.00 bits per heavy atom. The van der Waals surface area contributed by atoms with Crippen molar-refractivity contribution in [2.45, 2.75) is 5.54 Å². The maximum absolute atomic E-state index is 13.8. The zero-order valence-electron chi connectivity index (χ0n) is 18.8. The molecule has 3 aromatic carbocycles. The molecule has 1 aliphatic heterocycles. The summed E-state index contributed by atoms with van der Waals surface area (Å²) < 4.78 is 23.8. The van der Waals surface area contributed by atoms with Crippen LogP contribution in [-0.2, 0) is 15.1 Å². The predicted octanol–water partition coefficient (Wildman–Crippen LogP) is 3.93. The minimum atomic E-state index is -1.57. The molecule has 0 bridgehead atoms. The van der Waals surface area contributed by atoms with Gasteiger partial charge in [-0.1, -0.05) is 35.9 Å². The highest BCUT2D eigenvalue weighted by Crippen LogP contribution is 2.37. The molecule has 4 rings (SSSR count). The van der Waals surface area contributed by atoms with Crippen LogP contribution in [0.1, 0.15) is 11.1 Å². The van der Waals surface area contributed by atoms with Crippen LogP contribution in [0.15, 0.2) is 66.7 Å². The number of amides is 4. The number of methoxy groups -OCH3 is 2. The van der Waals surface area contributed by atoms with E-state index >= 15 is 0 Å². The van der Waals surface area contributed by atoms with E-state index in [0.29, 0.717) is 22.6 Å². The monoisotopic (exact) mass is 497 g/mol. The molecule has 0 radical (unpaired) electrons. The maximum atomic E-state index is 13.8. The molecule has 4 amide bonds. The Hall–Kier alpha value is -4.11. The summed E-state index contributed by atoms with van der Waals surface area (Å²) in [7, 11) is 3.04.